The number of rotatable bonds is 3. The van der Waals surface area contributed by atoms with Gasteiger partial charge in [-0.2, -0.15) is 5.10 Å². The lowest BCUT2D eigenvalue weighted by Crippen LogP contribution is -2.23. The molecular weight excluding hydrogens is 336 g/mol. The van der Waals surface area contributed by atoms with Crippen molar-refractivity contribution in [3.63, 3.8) is 0 Å². The molecule has 1 aliphatic heterocycles. The van der Waals surface area contributed by atoms with E-state index in [1.165, 1.54) is 12.8 Å². The largest absolute Gasteiger partial charge is 0.303 e. The van der Waals surface area contributed by atoms with E-state index in [0.29, 0.717) is 0 Å². The molecule has 0 N–H and O–H groups in total. The Morgan fingerprint density at radius 2 is 2.05 bits per heavy atom. The van der Waals surface area contributed by atoms with Gasteiger partial charge in [-0.25, -0.2) is 4.68 Å². The Balaban J connectivity index is 1.94. The van der Waals surface area contributed by atoms with Gasteiger partial charge in [0.2, 0.25) is 0 Å². The Morgan fingerprint density at radius 1 is 1.30 bits per heavy atom. The third kappa shape index (κ3) is 2.73. The molecule has 0 atom stereocenters. The second kappa shape index (κ2) is 5.79. The van der Waals surface area contributed by atoms with Gasteiger partial charge in [0.15, 0.2) is 10.6 Å². The van der Waals surface area contributed by atoms with Crippen LogP contribution in [0.4, 0.5) is 0 Å². The number of likely N-dealkylation sites (tertiary alicyclic amines) is 1. The Bertz CT molecular complexity index is 670. The molecule has 6 heteroatoms. The van der Waals surface area contributed by atoms with Gasteiger partial charge in [-0.3, -0.25) is 4.90 Å². The van der Waals surface area contributed by atoms with E-state index in [1.54, 1.807) is 0 Å². The lowest BCUT2D eigenvalue weighted by Gasteiger charge is -2.13. The highest BCUT2D eigenvalue weighted by Crippen LogP contribution is 2.21. The van der Waals surface area contributed by atoms with Gasteiger partial charge in [0.05, 0.1) is 6.67 Å². The summed E-state index contributed by atoms with van der Waals surface area (Å²) in [6, 6.07) is 8.15. The van der Waals surface area contributed by atoms with Crippen molar-refractivity contribution in [3.05, 3.63) is 33.5 Å². The molecule has 0 spiro atoms. The molecule has 20 heavy (non-hydrogen) atoms. The summed E-state index contributed by atoms with van der Waals surface area (Å²) in [7, 11) is 1.98. The van der Waals surface area contributed by atoms with E-state index in [9.17, 15) is 0 Å². The molecule has 4 nitrogen and oxygen atoms in total. The minimum Gasteiger partial charge on any atom is -0.303 e. The summed E-state index contributed by atoms with van der Waals surface area (Å²) >= 11 is 9.01. The third-order valence-corrected chi connectivity index (χ3v) is 4.63. The van der Waals surface area contributed by atoms with Crippen molar-refractivity contribution in [2.24, 2.45) is 7.05 Å². The topological polar surface area (TPSA) is 26.0 Å². The fraction of sp³-hybridized carbons (Fsp3) is 0.429. The maximum Gasteiger partial charge on any atom is 0.199 e. The van der Waals surface area contributed by atoms with Crippen molar-refractivity contribution in [3.8, 4) is 11.4 Å². The van der Waals surface area contributed by atoms with Crippen molar-refractivity contribution in [2.75, 3.05) is 13.1 Å². The van der Waals surface area contributed by atoms with Crippen LogP contribution in [0.25, 0.3) is 11.4 Å². The van der Waals surface area contributed by atoms with E-state index in [-0.39, 0.29) is 0 Å². The SMILES string of the molecule is Cn1c(-c2cccc(Br)c2)nn(CN2CCCC2)c1=S. The molecule has 2 heterocycles. The Hall–Kier alpha value is -0.980. The van der Waals surface area contributed by atoms with Gasteiger partial charge in [0.1, 0.15) is 0 Å². The van der Waals surface area contributed by atoms with Crippen LogP contribution < -0.4 is 0 Å². The molecule has 2 aromatic rings. The molecule has 0 radical (unpaired) electrons. The fourth-order valence-electron chi connectivity index (χ4n) is 2.57. The van der Waals surface area contributed by atoms with E-state index >= 15 is 0 Å². The van der Waals surface area contributed by atoms with Crippen molar-refractivity contribution < 1.29 is 0 Å². The molecule has 0 aliphatic carbocycles. The monoisotopic (exact) mass is 352 g/mol. The molecule has 3 rings (SSSR count). The lowest BCUT2D eigenvalue weighted by molar-refractivity contribution is 0.253. The first-order valence-corrected chi connectivity index (χ1v) is 7.97. The maximum absolute atomic E-state index is 5.51. The summed E-state index contributed by atoms with van der Waals surface area (Å²) < 4.78 is 5.73. The predicted octanol–water partition coefficient (Wildman–Crippen LogP) is 3.43. The first kappa shape index (κ1) is 14.0. The standard InChI is InChI=1S/C14H17BrN4S/c1-17-13(11-5-4-6-12(15)9-11)16-19(14(17)20)10-18-7-2-3-8-18/h4-6,9H,2-3,7-8,10H2,1H3. The number of hydrogen-bond acceptors (Lipinski definition) is 3. The summed E-state index contributed by atoms with van der Waals surface area (Å²) in [6.45, 7) is 3.08. The van der Waals surface area contributed by atoms with Crippen LogP contribution in [0, 0.1) is 4.77 Å². The van der Waals surface area contributed by atoms with E-state index in [4.69, 9.17) is 17.3 Å². The zero-order valence-electron chi connectivity index (χ0n) is 11.4. The highest BCUT2D eigenvalue weighted by atomic mass is 79.9. The summed E-state index contributed by atoms with van der Waals surface area (Å²) in [4.78, 5) is 2.40. The average molecular weight is 353 g/mol. The van der Waals surface area contributed by atoms with Crippen LogP contribution in [-0.4, -0.2) is 32.3 Å². The quantitative estimate of drug-likeness (QED) is 0.791. The fourth-order valence-corrected chi connectivity index (χ4v) is 3.16. The van der Waals surface area contributed by atoms with Crippen molar-refractivity contribution in [1.29, 1.82) is 0 Å². The minimum absolute atomic E-state index is 0.770. The van der Waals surface area contributed by atoms with Crippen LogP contribution in [0.1, 0.15) is 12.8 Å². The predicted molar refractivity (Wildman–Crippen MR) is 86.0 cm³/mol. The van der Waals surface area contributed by atoms with Crippen LogP contribution in [0.3, 0.4) is 0 Å². The third-order valence-electron chi connectivity index (χ3n) is 3.66. The van der Waals surface area contributed by atoms with Gasteiger partial charge in [0.25, 0.3) is 0 Å². The molecular formula is C14H17BrN4S. The molecule has 1 aliphatic rings. The zero-order valence-corrected chi connectivity index (χ0v) is 13.8. The van der Waals surface area contributed by atoms with E-state index in [0.717, 1.165) is 40.4 Å². The number of halogens is 1. The van der Waals surface area contributed by atoms with Gasteiger partial charge in [-0.15, -0.1) is 0 Å². The number of benzene rings is 1. The molecule has 0 saturated carbocycles. The average Bonchev–Trinajstić information content (AvgIpc) is 3.03. The summed E-state index contributed by atoms with van der Waals surface area (Å²) in [5.74, 6) is 0.912. The zero-order chi connectivity index (χ0) is 14.1. The molecule has 0 bridgehead atoms. The van der Waals surface area contributed by atoms with Crippen molar-refractivity contribution >= 4 is 28.1 Å². The van der Waals surface area contributed by atoms with Crippen molar-refractivity contribution in [2.45, 2.75) is 19.5 Å². The highest BCUT2D eigenvalue weighted by molar-refractivity contribution is 9.10. The van der Waals surface area contributed by atoms with Gasteiger partial charge in [0, 0.05) is 17.1 Å². The van der Waals surface area contributed by atoms with Gasteiger partial charge < -0.3 is 4.57 Å². The van der Waals surface area contributed by atoms with E-state index in [1.807, 2.05) is 28.4 Å². The number of aromatic nitrogens is 3. The lowest BCUT2D eigenvalue weighted by atomic mass is 10.2. The molecule has 0 amide bonds. The molecule has 1 aromatic heterocycles. The minimum atomic E-state index is 0.770. The Morgan fingerprint density at radius 3 is 2.75 bits per heavy atom. The Labute approximate surface area is 132 Å². The highest BCUT2D eigenvalue weighted by Gasteiger charge is 2.15. The normalized spacial score (nSPS) is 15.9. The Kier molecular flexibility index (Phi) is 4.05. The molecule has 0 unspecified atom stereocenters. The smallest absolute Gasteiger partial charge is 0.199 e. The molecule has 1 saturated heterocycles. The number of hydrogen-bond donors (Lipinski definition) is 0. The van der Waals surface area contributed by atoms with Gasteiger partial charge in [-0.1, -0.05) is 28.1 Å². The maximum atomic E-state index is 5.51. The van der Waals surface area contributed by atoms with Crippen LogP contribution in [-0.2, 0) is 13.7 Å². The molecule has 106 valence electrons. The van der Waals surface area contributed by atoms with Crippen LogP contribution >= 0.6 is 28.1 Å². The summed E-state index contributed by atoms with van der Waals surface area (Å²) in [5, 5.41) is 4.70. The second-order valence-electron chi connectivity index (χ2n) is 5.14. The first-order chi connectivity index (χ1) is 9.65. The second-order valence-corrected chi connectivity index (χ2v) is 6.42. The van der Waals surface area contributed by atoms with Crippen LogP contribution in [0.5, 0.6) is 0 Å². The molecule has 1 aromatic carbocycles. The van der Waals surface area contributed by atoms with Gasteiger partial charge in [-0.05, 0) is 50.3 Å². The molecule has 1 fully saturated rings. The van der Waals surface area contributed by atoms with E-state index in [2.05, 4.69) is 33.0 Å². The van der Waals surface area contributed by atoms with Gasteiger partial charge >= 0.3 is 0 Å². The van der Waals surface area contributed by atoms with Crippen molar-refractivity contribution in [1.82, 2.24) is 19.2 Å². The summed E-state index contributed by atoms with van der Waals surface area (Å²) in [6.07, 6.45) is 2.55. The van der Waals surface area contributed by atoms with Crippen LogP contribution in [0.2, 0.25) is 0 Å². The van der Waals surface area contributed by atoms with E-state index < -0.39 is 0 Å². The van der Waals surface area contributed by atoms with Crippen LogP contribution in [0.15, 0.2) is 28.7 Å². The first-order valence-electron chi connectivity index (χ1n) is 6.77. The summed E-state index contributed by atoms with van der Waals surface area (Å²) in [5.41, 5.74) is 1.08. The number of nitrogens with zero attached hydrogens (tertiary/aromatic N) is 4.